The number of aliphatic carboxylic acids is 1. The zero-order valence-corrected chi connectivity index (χ0v) is 40.0. The maximum absolute atomic E-state index is 14.9. The molecular weight excluding hydrogens is 917 g/mol. The number of nitrogens with zero attached hydrogens (tertiary/aromatic N) is 1. The summed E-state index contributed by atoms with van der Waals surface area (Å²) in [6.07, 6.45) is 3.89. The van der Waals surface area contributed by atoms with Crippen LogP contribution in [0.4, 0.5) is 0 Å². The van der Waals surface area contributed by atoms with Crippen LogP contribution in [-0.4, -0.2) is 148 Å². The Morgan fingerprint density at radius 1 is 0.859 bits per heavy atom. The Morgan fingerprint density at radius 3 is 2.27 bits per heavy atom. The van der Waals surface area contributed by atoms with Crippen molar-refractivity contribution < 1.29 is 48.6 Å². The Morgan fingerprint density at radius 2 is 1.55 bits per heavy atom. The maximum Gasteiger partial charge on any atom is 0.317 e. The summed E-state index contributed by atoms with van der Waals surface area (Å²) in [6, 6.07) is 8.30. The van der Waals surface area contributed by atoms with Crippen molar-refractivity contribution in [3.63, 3.8) is 0 Å². The molecule has 1 unspecified atom stereocenters. The summed E-state index contributed by atoms with van der Waals surface area (Å²) >= 11 is 0. The molecule has 0 radical (unpaired) electrons. The van der Waals surface area contributed by atoms with Crippen LogP contribution in [0.15, 0.2) is 60.8 Å². The molecule has 7 amide bonds. The van der Waals surface area contributed by atoms with Crippen molar-refractivity contribution in [2.24, 2.45) is 11.7 Å². The highest BCUT2D eigenvalue weighted by atomic mass is 16.4. The third-order valence-corrected chi connectivity index (χ3v) is 13.3. The first-order chi connectivity index (χ1) is 34.0. The minimum absolute atomic E-state index is 0.00739. The van der Waals surface area contributed by atoms with Crippen molar-refractivity contribution in [1.82, 2.24) is 52.4 Å². The topological polar surface area (TPSA) is 342 Å². The van der Waals surface area contributed by atoms with E-state index < -0.39 is 102 Å². The number of carbonyl (C=O) groups excluding carboxylic acids is 7. The van der Waals surface area contributed by atoms with Crippen molar-refractivity contribution in [2.75, 3.05) is 26.2 Å². The van der Waals surface area contributed by atoms with Crippen LogP contribution in [0.25, 0.3) is 10.9 Å². The highest BCUT2D eigenvalue weighted by Gasteiger charge is 2.44. The van der Waals surface area contributed by atoms with Gasteiger partial charge >= 0.3 is 5.97 Å². The molecule has 2 aromatic carbocycles. The molecule has 1 aromatic heterocycles. The van der Waals surface area contributed by atoms with E-state index in [4.69, 9.17) is 11.1 Å². The first-order valence-corrected chi connectivity index (χ1v) is 24.4. The van der Waals surface area contributed by atoms with Gasteiger partial charge in [-0.05, 0) is 93.7 Å². The molecule has 0 spiro atoms. The number of aliphatic hydroxyl groups excluding tert-OH is 1. The fourth-order valence-electron chi connectivity index (χ4n) is 9.69. The fraction of sp³-hybridized carbons (Fsp3) is 0.531. The van der Waals surface area contributed by atoms with Gasteiger partial charge in [-0.15, -0.1) is 0 Å². The van der Waals surface area contributed by atoms with Crippen LogP contribution in [0.3, 0.4) is 0 Å². The lowest BCUT2D eigenvalue weighted by Crippen LogP contribution is -2.60. The fourth-order valence-corrected chi connectivity index (χ4v) is 9.69. The number of guanidine groups is 1. The number of carbonyl (C=O) groups is 8. The number of carboxylic acid groups (broad SMARTS) is 1. The smallest absolute Gasteiger partial charge is 0.317 e. The van der Waals surface area contributed by atoms with Crippen LogP contribution >= 0.6 is 0 Å². The predicted octanol–water partition coefficient (Wildman–Crippen LogP) is -0.845. The molecule has 3 fully saturated rings. The van der Waals surface area contributed by atoms with Crippen molar-refractivity contribution in [3.8, 4) is 0 Å². The number of benzene rings is 2. The van der Waals surface area contributed by atoms with E-state index in [1.54, 1.807) is 36.5 Å². The highest BCUT2D eigenvalue weighted by Crippen LogP contribution is 2.29. The van der Waals surface area contributed by atoms with Crippen LogP contribution in [0.1, 0.15) is 82.3 Å². The minimum Gasteiger partial charge on any atom is -0.480 e. The monoisotopic (exact) mass is 985 g/mol. The average Bonchev–Trinajstić information content (AvgIpc) is 3.95. The second-order valence-corrected chi connectivity index (χ2v) is 18.8. The minimum atomic E-state index is -1.32. The van der Waals surface area contributed by atoms with E-state index in [-0.39, 0.29) is 76.5 Å². The first kappa shape index (κ1) is 53.3. The van der Waals surface area contributed by atoms with Gasteiger partial charge in [0.15, 0.2) is 5.96 Å². The molecule has 0 bridgehead atoms. The summed E-state index contributed by atoms with van der Waals surface area (Å²) in [5.41, 5.74) is 7.71. The first-order valence-electron chi connectivity index (χ1n) is 24.4. The van der Waals surface area contributed by atoms with Crippen molar-refractivity contribution in [2.45, 2.75) is 132 Å². The van der Waals surface area contributed by atoms with Gasteiger partial charge in [0, 0.05) is 56.1 Å². The Kier molecular flexibility index (Phi) is 19.3. The molecule has 3 heterocycles. The number of hydrogen-bond donors (Lipinski definition) is 13. The largest absolute Gasteiger partial charge is 0.480 e. The molecule has 22 heteroatoms. The Labute approximate surface area is 411 Å². The molecule has 1 saturated carbocycles. The number of nitrogens with one attached hydrogen (secondary N) is 10. The normalized spacial score (nSPS) is 25.3. The number of rotatable bonds is 16. The summed E-state index contributed by atoms with van der Waals surface area (Å²) in [6.45, 7) is 0.785. The second-order valence-electron chi connectivity index (χ2n) is 18.8. The number of hydrogen-bond acceptors (Lipinski definition) is 11. The lowest BCUT2D eigenvalue weighted by Gasteiger charge is -2.33. The van der Waals surface area contributed by atoms with Crippen LogP contribution < -0.4 is 48.3 Å². The molecule has 2 aliphatic heterocycles. The summed E-state index contributed by atoms with van der Waals surface area (Å²) in [4.78, 5) is 116. The van der Waals surface area contributed by atoms with Crippen LogP contribution in [0, 0.1) is 11.3 Å². The SMILES string of the molecule is CC(=O)N[C@H]1C[C@H]2C(=O)N[C@H](C[C@H]3CC[C@@H](O)CC3)C(=O)N[C@@H](Cc3c[nH]c4ccccc34)C(=O)N[C@@H](CCCNC(=N)N)C(=O)NCCC[C@H](NC(=O)C(Cc3ccccc3)NCC(=O)O)C(=O)N2C1. The number of aromatic amines is 1. The number of amides is 7. The standard InChI is InChI=1S/C49H68N12O10/c1-28(62)56-32-24-41-47(70)60-39(22-30-15-17-33(63)18-16-30)45(68)59-40(23-31-25-54-35-12-6-5-11-34(31)35)46(69)57-36(13-7-20-53-49(50)51)43(66)52-19-8-14-37(48(71)61(41)27-32)58-44(67)38(55-26-42(64)65)21-29-9-3-2-4-10-29/h2-6,9-12,25,30,32-33,36-41,54-55,63H,7-8,13-24,26-27H2,1H3,(H,52,66)(H,56,62)(H,57,69)(H,58,67)(H,59,68)(H,60,70)(H,64,65)(H4,50,51,53)/t30-,32-,33+,36-,37-,38?,39+,40-,41-/m0/s1. The zero-order chi connectivity index (χ0) is 51.0. The second kappa shape index (κ2) is 25.7. The Balaban J connectivity index is 1.36. The van der Waals surface area contributed by atoms with Crippen LogP contribution in [0.5, 0.6) is 0 Å². The van der Waals surface area contributed by atoms with Crippen LogP contribution in [0.2, 0.25) is 0 Å². The summed E-state index contributed by atoms with van der Waals surface area (Å²) in [5, 5.41) is 50.7. The molecular formula is C49H68N12O10. The van der Waals surface area contributed by atoms with Gasteiger partial charge in [0.05, 0.1) is 18.7 Å². The van der Waals surface area contributed by atoms with E-state index >= 15 is 0 Å². The molecule has 384 valence electrons. The highest BCUT2D eigenvalue weighted by molar-refractivity contribution is 5.98. The van der Waals surface area contributed by atoms with Gasteiger partial charge in [-0.25, -0.2) is 0 Å². The molecule has 14 N–H and O–H groups in total. The van der Waals surface area contributed by atoms with E-state index in [9.17, 15) is 48.6 Å². The van der Waals surface area contributed by atoms with E-state index in [1.807, 2.05) is 24.3 Å². The van der Waals surface area contributed by atoms with Gasteiger partial charge in [0.1, 0.15) is 30.2 Å². The van der Waals surface area contributed by atoms with Gasteiger partial charge in [-0.3, -0.25) is 49.1 Å². The van der Waals surface area contributed by atoms with Gasteiger partial charge in [-0.1, -0.05) is 48.5 Å². The molecule has 3 aromatic rings. The van der Waals surface area contributed by atoms with E-state index in [0.717, 1.165) is 10.9 Å². The molecule has 7 atom stereocenters. The molecule has 6 rings (SSSR count). The molecule has 71 heavy (non-hydrogen) atoms. The van der Waals surface area contributed by atoms with Gasteiger partial charge in [0.25, 0.3) is 0 Å². The van der Waals surface area contributed by atoms with E-state index in [0.29, 0.717) is 43.2 Å². The van der Waals surface area contributed by atoms with Gasteiger partial charge in [-0.2, -0.15) is 0 Å². The van der Waals surface area contributed by atoms with Crippen molar-refractivity contribution in [1.29, 1.82) is 5.41 Å². The molecule has 22 nitrogen and oxygen atoms in total. The predicted molar refractivity (Wildman–Crippen MR) is 261 cm³/mol. The lowest BCUT2D eigenvalue weighted by molar-refractivity contribution is -0.143. The molecule has 3 aliphatic rings. The molecule has 1 aliphatic carbocycles. The number of aromatic nitrogens is 1. The third-order valence-electron chi connectivity index (χ3n) is 13.3. The number of para-hydroxylation sites is 1. The third kappa shape index (κ3) is 15.7. The Bertz CT molecular complexity index is 2370. The number of H-pyrrole nitrogens is 1. The summed E-state index contributed by atoms with van der Waals surface area (Å²) in [5.74, 6) is -6.05. The quantitative estimate of drug-likeness (QED) is 0.0474. The number of carboxylic acids is 1. The van der Waals surface area contributed by atoms with E-state index in [1.165, 1.54) is 11.8 Å². The van der Waals surface area contributed by atoms with Gasteiger partial charge < -0.3 is 63.0 Å². The van der Waals surface area contributed by atoms with Crippen molar-refractivity contribution >= 4 is 64.2 Å². The Hall–Kier alpha value is -7.07. The zero-order valence-electron chi connectivity index (χ0n) is 40.0. The van der Waals surface area contributed by atoms with Crippen molar-refractivity contribution in [3.05, 3.63) is 71.9 Å². The number of aliphatic hydroxyl groups is 1. The summed E-state index contributed by atoms with van der Waals surface area (Å²) < 4.78 is 0. The molecule has 2 saturated heterocycles. The number of nitrogens with two attached hydrogens (primary N) is 1. The van der Waals surface area contributed by atoms with Crippen LogP contribution in [-0.2, 0) is 51.2 Å². The summed E-state index contributed by atoms with van der Waals surface area (Å²) in [7, 11) is 0. The lowest BCUT2D eigenvalue weighted by atomic mass is 9.83. The number of fused-ring (bicyclic) bond motifs is 2. The average molecular weight is 985 g/mol. The van der Waals surface area contributed by atoms with Gasteiger partial charge in [0.2, 0.25) is 41.4 Å². The van der Waals surface area contributed by atoms with E-state index in [2.05, 4.69) is 47.5 Å². The maximum atomic E-state index is 14.9.